The lowest BCUT2D eigenvalue weighted by atomic mass is 10.1. The van der Waals surface area contributed by atoms with Crippen molar-refractivity contribution in [3.8, 4) is 5.75 Å². The van der Waals surface area contributed by atoms with Gasteiger partial charge in [0.05, 0.1) is 16.6 Å². The van der Waals surface area contributed by atoms with Crippen molar-refractivity contribution in [2.75, 3.05) is 18.1 Å². The molecule has 0 bridgehead atoms. The van der Waals surface area contributed by atoms with E-state index in [0.29, 0.717) is 12.8 Å². The lowest BCUT2D eigenvalue weighted by molar-refractivity contribution is -0.122. The molecule has 2 atom stereocenters. The summed E-state index contributed by atoms with van der Waals surface area (Å²) in [6.07, 6.45) is 0.887. The number of amides is 1. The van der Waals surface area contributed by atoms with Crippen LogP contribution in [0.1, 0.15) is 25.3 Å². The van der Waals surface area contributed by atoms with E-state index in [1.807, 2.05) is 6.92 Å². The zero-order valence-electron chi connectivity index (χ0n) is 16.6. The Morgan fingerprint density at radius 3 is 2.53 bits per heavy atom. The Bertz CT molecular complexity index is 1090. The van der Waals surface area contributed by atoms with Crippen LogP contribution in [0.4, 0.5) is 14.5 Å². The van der Waals surface area contributed by atoms with Crippen LogP contribution in [0.5, 0.6) is 5.75 Å². The normalized spacial score (nSPS) is 21.9. The number of aryl methyl sites for hydroxylation is 1. The number of anilines is 1. The van der Waals surface area contributed by atoms with Gasteiger partial charge >= 0.3 is 0 Å². The van der Waals surface area contributed by atoms with Crippen molar-refractivity contribution in [3.63, 3.8) is 0 Å². The van der Waals surface area contributed by atoms with Crippen LogP contribution in [0.15, 0.2) is 41.3 Å². The fourth-order valence-electron chi connectivity index (χ4n) is 3.98. The number of hydrogen-bond acceptors (Lipinski definition) is 4. The van der Waals surface area contributed by atoms with Crippen LogP contribution >= 0.6 is 0 Å². The molecule has 9 heteroatoms. The van der Waals surface area contributed by atoms with Crippen LogP contribution in [0.2, 0.25) is 0 Å². The Morgan fingerprint density at radius 2 is 1.83 bits per heavy atom. The molecule has 1 amide bonds. The van der Waals surface area contributed by atoms with Crippen LogP contribution < -0.4 is 9.64 Å². The average molecular weight is 436 g/mol. The smallest absolute Gasteiger partial charge is 0.245 e. The van der Waals surface area contributed by atoms with Crippen LogP contribution in [0.3, 0.4) is 0 Å². The molecule has 4 rings (SSSR count). The summed E-state index contributed by atoms with van der Waals surface area (Å²) in [7, 11) is -3.88. The lowest BCUT2D eigenvalue weighted by Gasteiger charge is -2.38. The predicted octanol–water partition coefficient (Wildman–Crippen LogP) is 3.24. The van der Waals surface area contributed by atoms with E-state index in [-0.39, 0.29) is 29.5 Å². The molecule has 2 aliphatic heterocycles. The van der Waals surface area contributed by atoms with E-state index in [9.17, 15) is 22.0 Å². The molecular weight excluding hydrogens is 414 g/mol. The Hall–Kier alpha value is -2.52. The predicted molar refractivity (Wildman–Crippen MR) is 107 cm³/mol. The molecule has 2 aromatic carbocycles. The van der Waals surface area contributed by atoms with E-state index in [2.05, 4.69) is 0 Å². The second-order valence-electron chi connectivity index (χ2n) is 7.66. The molecular formula is C21H22F2N2O4S. The average Bonchev–Trinajstić information content (AvgIpc) is 3.21. The van der Waals surface area contributed by atoms with E-state index in [1.165, 1.54) is 27.4 Å². The van der Waals surface area contributed by atoms with Crippen molar-refractivity contribution < 1.29 is 26.7 Å². The summed E-state index contributed by atoms with van der Waals surface area (Å²) >= 11 is 0. The molecule has 1 fully saturated rings. The van der Waals surface area contributed by atoms with Gasteiger partial charge in [0, 0.05) is 6.54 Å². The van der Waals surface area contributed by atoms with Gasteiger partial charge in [0.25, 0.3) is 0 Å². The van der Waals surface area contributed by atoms with Crippen LogP contribution in [0, 0.1) is 18.6 Å². The quantitative estimate of drug-likeness (QED) is 0.741. The van der Waals surface area contributed by atoms with Crippen molar-refractivity contribution >= 4 is 21.6 Å². The third-order valence-electron chi connectivity index (χ3n) is 5.55. The van der Waals surface area contributed by atoms with Gasteiger partial charge in [-0.25, -0.2) is 12.8 Å². The molecule has 0 saturated carbocycles. The first kappa shape index (κ1) is 20.7. The SMILES string of the molecule is Cc1ccc(S(=O)(=O)N2CCC[C@H]2C(=O)N2c3ccc(F)c(F)c3OC[C@H]2C)cc1. The third-order valence-corrected chi connectivity index (χ3v) is 7.47. The minimum atomic E-state index is -3.88. The number of carbonyl (C=O) groups is 1. The van der Waals surface area contributed by atoms with Gasteiger partial charge in [-0.1, -0.05) is 17.7 Å². The molecule has 1 saturated heterocycles. The summed E-state index contributed by atoms with van der Waals surface area (Å²) in [6, 6.07) is 7.30. The van der Waals surface area contributed by atoms with Crippen LogP contribution in [-0.4, -0.2) is 43.9 Å². The van der Waals surface area contributed by atoms with Crippen molar-refractivity contribution in [1.82, 2.24) is 4.31 Å². The van der Waals surface area contributed by atoms with Gasteiger partial charge in [0.2, 0.25) is 21.7 Å². The summed E-state index contributed by atoms with van der Waals surface area (Å²) in [5.41, 5.74) is 1.04. The number of carbonyl (C=O) groups excluding carboxylic acids is 1. The maximum atomic E-state index is 14.2. The van der Waals surface area contributed by atoms with Gasteiger partial charge in [0.1, 0.15) is 12.6 Å². The molecule has 0 N–H and O–H groups in total. The first-order valence-electron chi connectivity index (χ1n) is 9.74. The highest BCUT2D eigenvalue weighted by Crippen LogP contribution is 2.39. The van der Waals surface area contributed by atoms with Crippen molar-refractivity contribution in [1.29, 1.82) is 0 Å². The molecule has 0 aromatic heterocycles. The van der Waals surface area contributed by atoms with Crippen molar-refractivity contribution in [2.45, 2.75) is 43.7 Å². The third kappa shape index (κ3) is 3.35. The summed E-state index contributed by atoms with van der Waals surface area (Å²) in [4.78, 5) is 14.9. The second-order valence-corrected chi connectivity index (χ2v) is 9.56. The molecule has 0 aliphatic carbocycles. The maximum absolute atomic E-state index is 14.2. The minimum absolute atomic E-state index is 0.0173. The van der Waals surface area contributed by atoms with Gasteiger partial charge in [-0.2, -0.15) is 8.70 Å². The van der Waals surface area contributed by atoms with E-state index in [4.69, 9.17) is 4.74 Å². The molecule has 2 aromatic rings. The minimum Gasteiger partial charge on any atom is -0.486 e. The molecule has 30 heavy (non-hydrogen) atoms. The number of benzene rings is 2. The topological polar surface area (TPSA) is 66.9 Å². The molecule has 0 unspecified atom stereocenters. The summed E-state index contributed by atoms with van der Waals surface area (Å²) in [5, 5.41) is 0. The first-order chi connectivity index (χ1) is 14.2. The van der Waals surface area contributed by atoms with Crippen LogP contribution in [-0.2, 0) is 14.8 Å². The number of sulfonamides is 1. The Balaban J connectivity index is 1.69. The number of ether oxygens (including phenoxy) is 1. The zero-order chi connectivity index (χ0) is 21.6. The highest BCUT2D eigenvalue weighted by atomic mass is 32.2. The Morgan fingerprint density at radius 1 is 1.13 bits per heavy atom. The fourth-order valence-corrected chi connectivity index (χ4v) is 5.63. The largest absolute Gasteiger partial charge is 0.486 e. The standard InChI is InChI=1S/C21H22F2N2O4S/c1-13-5-7-15(8-6-13)30(27,28)24-11-3-4-18(24)21(26)25-14(2)12-29-20-17(25)10-9-16(22)19(20)23/h5-10,14,18H,3-4,11-12H2,1-2H3/t14-,18+/m1/s1. The summed E-state index contributed by atoms with van der Waals surface area (Å²) in [5.74, 6) is -3.02. The number of hydrogen-bond donors (Lipinski definition) is 0. The number of halogens is 2. The monoisotopic (exact) mass is 436 g/mol. The van der Waals surface area contributed by atoms with Gasteiger partial charge < -0.3 is 9.64 Å². The molecule has 0 radical (unpaired) electrons. The highest BCUT2D eigenvalue weighted by molar-refractivity contribution is 7.89. The molecule has 0 spiro atoms. The summed E-state index contributed by atoms with van der Waals surface area (Å²) < 4.78 is 60.7. The molecule has 6 nitrogen and oxygen atoms in total. The van der Waals surface area contributed by atoms with E-state index in [0.717, 1.165) is 11.6 Å². The first-order valence-corrected chi connectivity index (χ1v) is 11.2. The molecule has 2 aliphatic rings. The highest BCUT2D eigenvalue weighted by Gasteiger charge is 2.44. The summed E-state index contributed by atoms with van der Waals surface area (Å²) in [6.45, 7) is 3.78. The molecule has 2 heterocycles. The number of nitrogens with zero attached hydrogens (tertiary/aromatic N) is 2. The van der Waals surface area contributed by atoms with Crippen LogP contribution in [0.25, 0.3) is 0 Å². The van der Waals surface area contributed by atoms with Gasteiger partial charge in [0.15, 0.2) is 11.6 Å². The van der Waals surface area contributed by atoms with E-state index < -0.39 is 39.6 Å². The number of fused-ring (bicyclic) bond motifs is 1. The van der Waals surface area contributed by atoms with Gasteiger partial charge in [-0.3, -0.25) is 4.79 Å². The second kappa shape index (κ2) is 7.63. The molecule has 160 valence electrons. The maximum Gasteiger partial charge on any atom is 0.245 e. The number of rotatable bonds is 3. The zero-order valence-corrected chi connectivity index (χ0v) is 17.5. The fraction of sp³-hybridized carbons (Fsp3) is 0.381. The lowest BCUT2D eigenvalue weighted by Crippen LogP contribution is -2.53. The van der Waals surface area contributed by atoms with Crippen molar-refractivity contribution in [3.05, 3.63) is 53.6 Å². The van der Waals surface area contributed by atoms with E-state index in [1.54, 1.807) is 19.1 Å². The van der Waals surface area contributed by atoms with E-state index >= 15 is 0 Å². The van der Waals surface area contributed by atoms with Crippen molar-refractivity contribution in [2.24, 2.45) is 0 Å². The Kier molecular flexibility index (Phi) is 5.27. The van der Waals surface area contributed by atoms with Gasteiger partial charge in [-0.15, -0.1) is 0 Å². The Labute approximate surface area is 174 Å². The van der Waals surface area contributed by atoms with Gasteiger partial charge in [-0.05, 0) is 51.0 Å².